The zero-order chi connectivity index (χ0) is 13.9. The summed E-state index contributed by atoms with van der Waals surface area (Å²) >= 11 is 0. The first-order chi connectivity index (χ1) is 8.38. The topological polar surface area (TPSA) is 125 Å². The van der Waals surface area contributed by atoms with E-state index in [0.717, 1.165) is 0 Å². The second kappa shape index (κ2) is 5.67. The fraction of sp³-hybridized carbons (Fsp3) is 0.700. The smallest absolute Gasteiger partial charge is 0.317 e. The van der Waals surface area contributed by atoms with Gasteiger partial charge in [0, 0.05) is 33.1 Å². The van der Waals surface area contributed by atoms with Gasteiger partial charge in [-0.15, -0.1) is 0 Å². The number of nitrogens with one attached hydrogen (secondary N) is 2. The van der Waals surface area contributed by atoms with Crippen molar-refractivity contribution in [2.24, 2.45) is 11.7 Å². The van der Waals surface area contributed by atoms with Crippen LogP contribution >= 0.6 is 0 Å². The molecule has 0 radical (unpaired) electrons. The monoisotopic (exact) mass is 258 g/mol. The van der Waals surface area contributed by atoms with Crippen LogP contribution < -0.4 is 16.4 Å². The number of carbonyl (C=O) groups is 3. The van der Waals surface area contributed by atoms with Crippen molar-refractivity contribution in [1.29, 1.82) is 0 Å². The highest BCUT2D eigenvalue weighted by molar-refractivity contribution is 5.79. The molecule has 3 atom stereocenters. The molecule has 0 spiro atoms. The molecular formula is C10H18N4O4. The predicted molar refractivity (Wildman–Crippen MR) is 62.7 cm³/mol. The van der Waals surface area contributed by atoms with Crippen molar-refractivity contribution < 1.29 is 19.5 Å². The van der Waals surface area contributed by atoms with Gasteiger partial charge < -0.3 is 26.4 Å². The lowest BCUT2D eigenvalue weighted by atomic mass is 10.00. The van der Waals surface area contributed by atoms with Gasteiger partial charge in [0.05, 0.1) is 12.0 Å². The SMILES string of the molecule is CNC(=O)N1CC(C(=O)O)C(N)C1CNC(C)=O. The van der Waals surface area contributed by atoms with Crippen LogP contribution in [-0.2, 0) is 9.59 Å². The molecule has 102 valence electrons. The average Bonchev–Trinajstić information content (AvgIpc) is 2.63. The maximum atomic E-state index is 11.6. The Morgan fingerprint density at radius 2 is 2.06 bits per heavy atom. The highest BCUT2D eigenvalue weighted by Gasteiger charge is 2.45. The largest absolute Gasteiger partial charge is 0.481 e. The Balaban J connectivity index is 2.82. The third-order valence-electron chi connectivity index (χ3n) is 3.05. The summed E-state index contributed by atoms with van der Waals surface area (Å²) in [7, 11) is 1.46. The van der Waals surface area contributed by atoms with Gasteiger partial charge in [0.1, 0.15) is 0 Å². The Morgan fingerprint density at radius 3 is 2.50 bits per heavy atom. The molecule has 0 saturated carbocycles. The number of carboxylic acids is 1. The number of hydrogen-bond donors (Lipinski definition) is 4. The lowest BCUT2D eigenvalue weighted by Gasteiger charge is -2.26. The summed E-state index contributed by atoms with van der Waals surface area (Å²) < 4.78 is 0. The van der Waals surface area contributed by atoms with Crippen molar-refractivity contribution in [3.05, 3.63) is 0 Å². The third kappa shape index (κ3) is 2.89. The molecule has 8 nitrogen and oxygen atoms in total. The van der Waals surface area contributed by atoms with Gasteiger partial charge in [0.2, 0.25) is 5.91 Å². The number of amides is 3. The van der Waals surface area contributed by atoms with E-state index < -0.39 is 30.0 Å². The van der Waals surface area contributed by atoms with Gasteiger partial charge in [-0.1, -0.05) is 0 Å². The summed E-state index contributed by atoms with van der Waals surface area (Å²) in [4.78, 5) is 34.9. The van der Waals surface area contributed by atoms with Gasteiger partial charge in [-0.05, 0) is 0 Å². The number of carbonyl (C=O) groups excluding carboxylic acids is 2. The quantitative estimate of drug-likeness (QED) is 0.474. The van der Waals surface area contributed by atoms with Crippen molar-refractivity contribution in [3.8, 4) is 0 Å². The number of aliphatic carboxylic acids is 1. The second-order valence-corrected chi connectivity index (χ2v) is 4.23. The van der Waals surface area contributed by atoms with E-state index in [0.29, 0.717) is 0 Å². The molecule has 1 aliphatic heterocycles. The third-order valence-corrected chi connectivity index (χ3v) is 3.05. The molecular weight excluding hydrogens is 240 g/mol. The van der Waals surface area contributed by atoms with E-state index in [4.69, 9.17) is 10.8 Å². The maximum Gasteiger partial charge on any atom is 0.317 e. The second-order valence-electron chi connectivity index (χ2n) is 4.23. The van der Waals surface area contributed by atoms with E-state index in [1.165, 1.54) is 18.9 Å². The summed E-state index contributed by atoms with van der Waals surface area (Å²) in [6.07, 6.45) is 0. The van der Waals surface area contributed by atoms with Gasteiger partial charge in [0.15, 0.2) is 0 Å². The Kier molecular flexibility index (Phi) is 4.49. The highest BCUT2D eigenvalue weighted by Crippen LogP contribution is 2.22. The van der Waals surface area contributed by atoms with Gasteiger partial charge in [-0.25, -0.2) is 4.79 Å². The summed E-state index contributed by atoms with van der Waals surface area (Å²) in [5, 5.41) is 14.0. The summed E-state index contributed by atoms with van der Waals surface area (Å²) in [6, 6.07) is -1.62. The normalized spacial score (nSPS) is 26.8. The van der Waals surface area contributed by atoms with Crippen LogP contribution in [0.3, 0.4) is 0 Å². The first-order valence-corrected chi connectivity index (χ1v) is 5.59. The molecule has 0 aliphatic carbocycles. The first-order valence-electron chi connectivity index (χ1n) is 5.59. The summed E-state index contributed by atoms with van der Waals surface area (Å²) in [6.45, 7) is 1.54. The van der Waals surface area contributed by atoms with Crippen molar-refractivity contribution in [1.82, 2.24) is 15.5 Å². The molecule has 0 aromatic rings. The van der Waals surface area contributed by atoms with Crippen LogP contribution in [0.15, 0.2) is 0 Å². The zero-order valence-electron chi connectivity index (χ0n) is 10.3. The van der Waals surface area contributed by atoms with Gasteiger partial charge in [-0.2, -0.15) is 0 Å². The van der Waals surface area contributed by atoms with E-state index in [2.05, 4.69) is 10.6 Å². The molecule has 8 heteroatoms. The Morgan fingerprint density at radius 1 is 1.44 bits per heavy atom. The van der Waals surface area contributed by atoms with Crippen LogP contribution in [0.5, 0.6) is 0 Å². The molecule has 3 amide bonds. The molecule has 3 unspecified atom stereocenters. The van der Waals surface area contributed by atoms with Crippen molar-refractivity contribution in [2.45, 2.75) is 19.0 Å². The number of nitrogens with zero attached hydrogens (tertiary/aromatic N) is 1. The summed E-state index contributed by atoms with van der Waals surface area (Å²) in [5.41, 5.74) is 5.84. The fourth-order valence-corrected chi connectivity index (χ4v) is 2.06. The Bertz CT molecular complexity index is 360. The lowest BCUT2D eigenvalue weighted by Crippen LogP contribution is -2.52. The summed E-state index contributed by atoms with van der Waals surface area (Å²) in [5.74, 6) is -2.11. The van der Waals surface area contributed by atoms with E-state index >= 15 is 0 Å². The molecule has 1 saturated heterocycles. The van der Waals surface area contributed by atoms with Crippen LogP contribution in [0, 0.1) is 5.92 Å². The molecule has 0 aromatic carbocycles. The number of rotatable bonds is 3. The standard InChI is InChI=1S/C10H18N4O4/c1-5(15)13-3-7-8(11)6(9(16)17)4-14(7)10(18)12-2/h6-8H,3-4,11H2,1-2H3,(H,12,18)(H,13,15)(H,16,17). The van der Waals surface area contributed by atoms with Crippen molar-refractivity contribution in [2.75, 3.05) is 20.1 Å². The minimum Gasteiger partial charge on any atom is -0.481 e. The van der Waals surface area contributed by atoms with Crippen LogP contribution in [-0.4, -0.2) is 60.1 Å². The molecule has 5 N–H and O–H groups in total. The number of carboxylic acid groups (broad SMARTS) is 1. The van der Waals surface area contributed by atoms with Gasteiger partial charge in [0.25, 0.3) is 0 Å². The van der Waals surface area contributed by atoms with E-state index in [9.17, 15) is 14.4 Å². The van der Waals surface area contributed by atoms with E-state index in [1.807, 2.05) is 0 Å². The molecule has 1 aliphatic rings. The van der Waals surface area contributed by atoms with Crippen LogP contribution in [0.25, 0.3) is 0 Å². The van der Waals surface area contributed by atoms with Gasteiger partial charge in [-0.3, -0.25) is 9.59 Å². The number of nitrogens with two attached hydrogens (primary N) is 1. The molecule has 1 rings (SSSR count). The molecule has 1 heterocycles. The van der Waals surface area contributed by atoms with E-state index in [-0.39, 0.29) is 19.0 Å². The van der Waals surface area contributed by atoms with Gasteiger partial charge >= 0.3 is 12.0 Å². The van der Waals surface area contributed by atoms with Crippen LogP contribution in [0.2, 0.25) is 0 Å². The number of likely N-dealkylation sites (tertiary alicyclic amines) is 1. The minimum absolute atomic E-state index is 0.0421. The molecule has 0 aromatic heterocycles. The Hall–Kier alpha value is -1.83. The Labute approximate surface area is 104 Å². The van der Waals surface area contributed by atoms with Crippen LogP contribution in [0.1, 0.15) is 6.92 Å². The fourth-order valence-electron chi connectivity index (χ4n) is 2.06. The van der Waals surface area contributed by atoms with Crippen molar-refractivity contribution in [3.63, 3.8) is 0 Å². The molecule has 18 heavy (non-hydrogen) atoms. The predicted octanol–water partition coefficient (Wildman–Crippen LogP) is -1.83. The van der Waals surface area contributed by atoms with Crippen molar-refractivity contribution >= 4 is 17.9 Å². The van der Waals surface area contributed by atoms with Crippen LogP contribution in [0.4, 0.5) is 4.79 Å². The average molecular weight is 258 g/mol. The van der Waals surface area contributed by atoms with E-state index in [1.54, 1.807) is 0 Å². The lowest BCUT2D eigenvalue weighted by molar-refractivity contribution is -0.141. The number of urea groups is 1. The zero-order valence-corrected chi connectivity index (χ0v) is 10.3. The first kappa shape index (κ1) is 14.2. The highest BCUT2D eigenvalue weighted by atomic mass is 16.4. The number of hydrogen-bond acceptors (Lipinski definition) is 4. The molecule has 1 fully saturated rings. The maximum absolute atomic E-state index is 11.6. The molecule has 0 bridgehead atoms. The minimum atomic E-state index is -1.04.